The number of aliphatic hydroxyl groups is 2. The molecule has 0 spiro atoms. The second kappa shape index (κ2) is 21.0. The predicted molar refractivity (Wildman–Crippen MR) is 154 cm³/mol. The van der Waals surface area contributed by atoms with Gasteiger partial charge in [-0.15, -0.1) is 0 Å². The molecule has 8 unspecified atom stereocenters. The summed E-state index contributed by atoms with van der Waals surface area (Å²) in [5.74, 6) is 0.366. The smallest absolute Gasteiger partial charge is 0.820 e. The molecule has 4 rings (SSSR count). The Morgan fingerprint density at radius 1 is 0.977 bits per heavy atom. The Hall–Kier alpha value is 1.84. The van der Waals surface area contributed by atoms with Crippen LogP contribution < -0.4 is 68.9 Å². The zero-order chi connectivity index (χ0) is 31.6. The fourth-order valence-electron chi connectivity index (χ4n) is 8.85. The molecule has 244 valence electrons. The van der Waals surface area contributed by atoms with Crippen LogP contribution in [-0.4, -0.2) is 53.0 Å². The van der Waals surface area contributed by atoms with Crippen molar-refractivity contribution in [2.75, 3.05) is 20.8 Å². The Balaban J connectivity index is 0. The number of carboxylic acids is 1. The molecular formula is C29H52F3Na2O7PS. The van der Waals surface area contributed by atoms with E-state index >= 15 is 0 Å². The zero-order valence-corrected chi connectivity index (χ0v) is 33.1. The maximum absolute atomic E-state index is 13.3. The largest absolute Gasteiger partial charge is 1.00 e. The van der Waals surface area contributed by atoms with E-state index in [4.69, 9.17) is 27.9 Å². The summed E-state index contributed by atoms with van der Waals surface area (Å²) in [5, 5.41) is 22.1. The number of carboxylic acid groups (broad SMARTS) is 1. The first-order chi connectivity index (χ1) is 19.2. The van der Waals surface area contributed by atoms with Gasteiger partial charge >= 0.3 is 71.3 Å². The molecule has 0 aliphatic heterocycles. The second-order valence-electron chi connectivity index (χ2n) is 12.5. The number of hydrogen-bond acceptors (Lipinski definition) is 7. The number of rotatable bonds is 7. The summed E-state index contributed by atoms with van der Waals surface area (Å²) in [6.07, 6.45) is 7.21. The predicted octanol–water partition coefficient (Wildman–Crippen LogP) is -0.283. The number of aliphatic hydroxyl groups excluding tert-OH is 2. The van der Waals surface area contributed by atoms with Gasteiger partial charge in [-0.05, 0) is 105 Å². The number of alkyl halides is 3. The van der Waals surface area contributed by atoms with Gasteiger partial charge in [-0.3, -0.25) is 4.79 Å². The van der Waals surface area contributed by atoms with Crippen LogP contribution in [0.15, 0.2) is 0 Å². The van der Waals surface area contributed by atoms with Crippen LogP contribution in [0, 0.1) is 40.4 Å². The summed E-state index contributed by atoms with van der Waals surface area (Å²) in [6.45, 7) is 7.08. The summed E-state index contributed by atoms with van der Waals surface area (Å²) in [4.78, 5) is 29.3. The number of aliphatic carboxylic acids is 1. The summed E-state index contributed by atoms with van der Waals surface area (Å²) in [7, 11) is -0.824. The molecule has 4 fully saturated rings. The van der Waals surface area contributed by atoms with Gasteiger partial charge in [0.1, 0.15) is 0 Å². The van der Waals surface area contributed by atoms with Gasteiger partial charge < -0.3 is 29.6 Å². The van der Waals surface area contributed by atoms with Crippen molar-refractivity contribution in [3.8, 4) is 0 Å². The Morgan fingerprint density at radius 2 is 1.56 bits per heavy atom. The first-order valence-corrected chi connectivity index (χ1v) is 16.4. The maximum atomic E-state index is 13.3. The molecule has 3 N–H and O–H groups in total. The van der Waals surface area contributed by atoms with Gasteiger partial charge in [0.05, 0.1) is 5.92 Å². The summed E-state index contributed by atoms with van der Waals surface area (Å²) < 4.78 is 44.3. The van der Waals surface area contributed by atoms with Crippen molar-refractivity contribution in [2.45, 2.75) is 115 Å². The van der Waals surface area contributed by atoms with Crippen molar-refractivity contribution in [3.63, 3.8) is 0 Å². The summed E-state index contributed by atoms with van der Waals surface area (Å²) in [6, 6.07) is 0. The van der Waals surface area contributed by atoms with Gasteiger partial charge in [0.15, 0.2) is 0 Å². The molecule has 0 heterocycles. The van der Waals surface area contributed by atoms with Crippen molar-refractivity contribution in [3.05, 3.63) is 0 Å². The molecular weight excluding hydrogens is 626 g/mol. The molecule has 0 saturated heterocycles. The number of carbonyl (C=O) groups is 1. The van der Waals surface area contributed by atoms with Crippen molar-refractivity contribution >= 4 is 27.2 Å². The molecule has 43 heavy (non-hydrogen) atoms. The summed E-state index contributed by atoms with van der Waals surface area (Å²) >= 11 is 5.26. The Morgan fingerprint density at radius 3 is 2.07 bits per heavy atom. The van der Waals surface area contributed by atoms with Crippen LogP contribution in [0.25, 0.3) is 0 Å². The van der Waals surface area contributed by atoms with E-state index in [2.05, 4.69) is 25.3 Å². The minimum absolute atomic E-state index is 0. The van der Waals surface area contributed by atoms with E-state index < -0.39 is 26.7 Å². The van der Waals surface area contributed by atoms with Gasteiger partial charge in [-0.2, -0.15) is 34.4 Å². The first-order valence-electron chi connectivity index (χ1n) is 14.9. The van der Waals surface area contributed by atoms with E-state index in [0.717, 1.165) is 45.3 Å². The molecule has 0 bridgehead atoms. The van der Waals surface area contributed by atoms with Gasteiger partial charge in [-0.1, -0.05) is 27.2 Å². The second-order valence-corrected chi connectivity index (χ2v) is 14.1. The standard InChI is InChI=1S/C23H37F3S.C4H7O5P.2CH4O.2Na/c1-4-10-22(27)13-9-19-17-6-5-15-14-16(23(24,25)26)7-11-20(15,2)18(17)8-12-21(19,22)3;5-4(6)2-1-3-9-10(7)8;2*1-2;;/h15-19,27H,4-14H2,1-3H3;1-3H2,(H,5,6);2*2H,1H3;;/q;-2;;;2*+1. The van der Waals surface area contributed by atoms with E-state index in [9.17, 15) is 27.8 Å². The van der Waals surface area contributed by atoms with Crippen LogP contribution in [0.3, 0.4) is 0 Å². The number of fused-ring (bicyclic) bond motifs is 5. The van der Waals surface area contributed by atoms with Crippen LogP contribution in [0.2, 0.25) is 0 Å². The van der Waals surface area contributed by atoms with E-state index in [1.165, 1.54) is 38.5 Å². The number of hydrogen-bond donors (Lipinski definition) is 4. The Kier molecular flexibility index (Phi) is 23.0. The fourth-order valence-corrected chi connectivity index (χ4v) is 9.76. The van der Waals surface area contributed by atoms with Crippen molar-refractivity contribution < 1.29 is 107 Å². The summed E-state index contributed by atoms with van der Waals surface area (Å²) in [5.41, 5.74) is 0.457. The van der Waals surface area contributed by atoms with Gasteiger partial charge in [0, 0.05) is 32.0 Å². The average Bonchev–Trinajstić information content (AvgIpc) is 3.18. The Labute approximate surface area is 307 Å². The Bertz CT molecular complexity index is 804. The molecule has 0 radical (unpaired) electrons. The van der Waals surface area contributed by atoms with E-state index in [1.807, 2.05) is 0 Å². The molecule has 0 amide bonds. The molecule has 4 saturated carbocycles. The molecule has 7 nitrogen and oxygen atoms in total. The van der Waals surface area contributed by atoms with Crippen LogP contribution >= 0.6 is 21.2 Å². The zero-order valence-electron chi connectivity index (χ0n) is 27.3. The van der Waals surface area contributed by atoms with E-state index in [1.54, 1.807) is 0 Å². The topological polar surface area (TPSA) is 133 Å². The van der Waals surface area contributed by atoms with Gasteiger partial charge in [0.2, 0.25) is 0 Å². The first kappa shape index (κ1) is 47.0. The van der Waals surface area contributed by atoms with Crippen LogP contribution in [0.4, 0.5) is 13.2 Å². The molecule has 4 aliphatic rings. The fraction of sp³-hybridized carbons (Fsp3) is 0.966. The molecule has 4 aliphatic carbocycles. The molecule has 8 atom stereocenters. The molecule has 0 aromatic heterocycles. The molecule has 0 aromatic carbocycles. The number of halogens is 3. The van der Waals surface area contributed by atoms with Crippen molar-refractivity contribution in [1.82, 2.24) is 0 Å². The van der Waals surface area contributed by atoms with Crippen LogP contribution in [0.5, 0.6) is 0 Å². The van der Waals surface area contributed by atoms with E-state index in [0.29, 0.717) is 24.2 Å². The third-order valence-electron chi connectivity index (χ3n) is 10.8. The van der Waals surface area contributed by atoms with Gasteiger partial charge in [-0.25, -0.2) is 0 Å². The van der Waals surface area contributed by atoms with Crippen molar-refractivity contribution in [1.29, 1.82) is 0 Å². The average molecular weight is 679 g/mol. The SMILES string of the molecule is CCCC1(S)CCC2C3CCC4CC(C(F)(F)F)CCC4(C)C3CCC21C.CO.CO.O=C(O)CCCOP([O-])[O-].[Na+].[Na+]. The molecule has 14 heteroatoms. The quantitative estimate of drug-likeness (QED) is 0.126. The van der Waals surface area contributed by atoms with Crippen LogP contribution in [-0.2, 0) is 9.32 Å². The third kappa shape index (κ3) is 11.7. The van der Waals surface area contributed by atoms with Crippen molar-refractivity contribution in [2.24, 2.45) is 40.4 Å². The molecule has 0 aromatic rings. The minimum Gasteiger partial charge on any atom is -0.820 e. The maximum Gasteiger partial charge on any atom is 1.00 e. The minimum atomic E-state index is -4.00. The van der Waals surface area contributed by atoms with E-state index in [-0.39, 0.29) is 94.6 Å². The number of thiol groups is 1. The third-order valence-corrected chi connectivity index (χ3v) is 12.2. The normalized spacial score (nSPS) is 35.8. The van der Waals surface area contributed by atoms with Crippen LogP contribution in [0.1, 0.15) is 104 Å². The van der Waals surface area contributed by atoms with Gasteiger partial charge in [0.25, 0.3) is 0 Å². The monoisotopic (exact) mass is 678 g/mol.